The minimum absolute atomic E-state index is 0.0156. The number of hydrogen-bond acceptors (Lipinski definition) is 5. The van der Waals surface area contributed by atoms with Crippen LogP contribution < -0.4 is 4.18 Å². The number of hydrogen-bond donors (Lipinski definition) is 0. The predicted molar refractivity (Wildman–Crippen MR) is 69.8 cm³/mol. The van der Waals surface area contributed by atoms with Crippen LogP contribution in [0.2, 0.25) is 0 Å². The van der Waals surface area contributed by atoms with Crippen molar-refractivity contribution in [1.29, 1.82) is 5.26 Å². The molecule has 0 N–H and O–H groups in total. The Morgan fingerprint density at radius 2 is 1.95 bits per heavy atom. The van der Waals surface area contributed by atoms with E-state index < -0.39 is 15.9 Å². The molecule has 0 saturated heterocycles. The molecule has 0 radical (unpaired) electrons. The fraction of sp³-hybridized carbons (Fsp3) is 0.0769. The molecule has 0 bridgehead atoms. The third kappa shape index (κ3) is 3.30. The van der Waals surface area contributed by atoms with Gasteiger partial charge in [-0.3, -0.25) is 0 Å². The first-order chi connectivity index (χ1) is 9.39. The highest BCUT2D eigenvalue weighted by Crippen LogP contribution is 2.30. The van der Waals surface area contributed by atoms with Crippen LogP contribution in [0.4, 0.5) is 4.39 Å². The van der Waals surface area contributed by atoms with Gasteiger partial charge < -0.3 is 4.18 Å². The monoisotopic (exact) mass is 292 g/mol. The summed E-state index contributed by atoms with van der Waals surface area (Å²) in [5.74, 6) is -0.438. The number of pyridine rings is 1. The number of aromatic nitrogens is 1. The first-order valence-electron chi connectivity index (χ1n) is 5.44. The summed E-state index contributed by atoms with van der Waals surface area (Å²) in [4.78, 5) is 3.76. The Hall–Kier alpha value is -2.46. The molecule has 0 spiro atoms. The van der Waals surface area contributed by atoms with Gasteiger partial charge in [-0.25, -0.2) is 9.37 Å². The molecule has 0 unspecified atom stereocenters. The third-order valence-electron chi connectivity index (χ3n) is 2.38. The standard InChI is InChI=1S/C13H9FN2O3S/c1-20(17,18)19-13-8-16-11(7-15)6-12(13)9-2-4-10(14)5-3-9/h2-6,8H,1H3. The highest BCUT2D eigenvalue weighted by atomic mass is 32.2. The Kier molecular flexibility index (Phi) is 3.68. The quantitative estimate of drug-likeness (QED) is 0.809. The maximum absolute atomic E-state index is 12.9. The van der Waals surface area contributed by atoms with Crippen LogP contribution in [0.25, 0.3) is 11.1 Å². The van der Waals surface area contributed by atoms with Gasteiger partial charge in [0.1, 0.15) is 17.6 Å². The van der Waals surface area contributed by atoms with Gasteiger partial charge in [0.05, 0.1) is 12.5 Å². The third-order valence-corrected chi connectivity index (χ3v) is 2.86. The van der Waals surface area contributed by atoms with Crippen molar-refractivity contribution in [3.05, 3.63) is 48.0 Å². The van der Waals surface area contributed by atoms with Crippen molar-refractivity contribution in [2.75, 3.05) is 6.26 Å². The van der Waals surface area contributed by atoms with E-state index in [0.29, 0.717) is 11.1 Å². The number of benzene rings is 1. The van der Waals surface area contributed by atoms with Crippen LogP contribution in [-0.4, -0.2) is 19.7 Å². The summed E-state index contributed by atoms with van der Waals surface area (Å²) in [7, 11) is -3.73. The molecule has 1 aromatic carbocycles. The van der Waals surface area contributed by atoms with E-state index in [1.54, 1.807) is 0 Å². The lowest BCUT2D eigenvalue weighted by Gasteiger charge is -2.09. The van der Waals surface area contributed by atoms with Crippen molar-refractivity contribution >= 4 is 10.1 Å². The lowest BCUT2D eigenvalue weighted by Crippen LogP contribution is -2.07. The highest BCUT2D eigenvalue weighted by Gasteiger charge is 2.13. The predicted octanol–water partition coefficient (Wildman–Crippen LogP) is 2.10. The molecular weight excluding hydrogens is 283 g/mol. The van der Waals surface area contributed by atoms with Crippen LogP contribution >= 0.6 is 0 Å². The summed E-state index contributed by atoms with van der Waals surface area (Å²) in [5, 5.41) is 8.84. The van der Waals surface area contributed by atoms with Gasteiger partial charge in [-0.2, -0.15) is 13.7 Å². The van der Waals surface area contributed by atoms with Crippen LogP contribution in [0.15, 0.2) is 36.5 Å². The second-order valence-corrected chi connectivity index (χ2v) is 5.55. The molecule has 2 rings (SSSR count). The molecule has 0 aliphatic carbocycles. The van der Waals surface area contributed by atoms with Gasteiger partial charge in [0.2, 0.25) is 0 Å². The van der Waals surface area contributed by atoms with Gasteiger partial charge in [0.15, 0.2) is 5.75 Å². The van der Waals surface area contributed by atoms with Gasteiger partial charge in [-0.1, -0.05) is 12.1 Å². The van der Waals surface area contributed by atoms with Gasteiger partial charge in [0.25, 0.3) is 0 Å². The summed E-state index contributed by atoms with van der Waals surface area (Å²) < 4.78 is 40.2. The molecule has 7 heteroatoms. The summed E-state index contributed by atoms with van der Waals surface area (Å²) in [5.41, 5.74) is 0.969. The first-order valence-corrected chi connectivity index (χ1v) is 7.26. The Labute approximate surface area is 115 Å². The minimum Gasteiger partial charge on any atom is -0.380 e. The van der Waals surface area contributed by atoms with Gasteiger partial charge in [0, 0.05) is 5.56 Å². The van der Waals surface area contributed by atoms with E-state index in [2.05, 4.69) is 4.98 Å². The average molecular weight is 292 g/mol. The normalized spacial score (nSPS) is 10.8. The van der Waals surface area contributed by atoms with E-state index in [0.717, 1.165) is 12.5 Å². The maximum Gasteiger partial charge on any atom is 0.306 e. The molecule has 0 fully saturated rings. The summed E-state index contributed by atoms with van der Waals surface area (Å²) in [6.45, 7) is 0. The molecule has 20 heavy (non-hydrogen) atoms. The molecule has 0 atom stereocenters. The van der Waals surface area contributed by atoms with E-state index in [9.17, 15) is 12.8 Å². The first kappa shape index (κ1) is 14.0. The average Bonchev–Trinajstić information content (AvgIpc) is 2.38. The van der Waals surface area contributed by atoms with Crippen LogP contribution in [0, 0.1) is 17.1 Å². The molecule has 1 heterocycles. The SMILES string of the molecule is CS(=O)(=O)Oc1cnc(C#N)cc1-c1ccc(F)cc1. The van der Waals surface area contributed by atoms with Gasteiger partial charge in [-0.15, -0.1) is 0 Å². The van der Waals surface area contributed by atoms with Crippen molar-refractivity contribution in [3.8, 4) is 22.9 Å². The second kappa shape index (κ2) is 5.27. The van der Waals surface area contributed by atoms with Crippen molar-refractivity contribution < 1.29 is 17.0 Å². The zero-order valence-corrected chi connectivity index (χ0v) is 11.2. The number of rotatable bonds is 3. The fourth-order valence-electron chi connectivity index (χ4n) is 1.59. The Bertz CT molecular complexity index is 780. The van der Waals surface area contributed by atoms with Gasteiger partial charge in [-0.05, 0) is 23.8 Å². The lowest BCUT2D eigenvalue weighted by atomic mass is 10.1. The highest BCUT2D eigenvalue weighted by molar-refractivity contribution is 7.86. The molecule has 5 nitrogen and oxygen atoms in total. The maximum atomic E-state index is 12.9. The van der Waals surface area contributed by atoms with Gasteiger partial charge >= 0.3 is 10.1 Å². The van der Waals surface area contributed by atoms with Crippen LogP contribution in [0.5, 0.6) is 5.75 Å². The van der Waals surface area contributed by atoms with Crippen LogP contribution in [-0.2, 0) is 10.1 Å². The Morgan fingerprint density at radius 1 is 1.30 bits per heavy atom. The lowest BCUT2D eigenvalue weighted by molar-refractivity contribution is 0.492. The summed E-state index contributed by atoms with van der Waals surface area (Å²) in [6.07, 6.45) is 2.05. The topological polar surface area (TPSA) is 80.1 Å². The van der Waals surface area contributed by atoms with Crippen LogP contribution in [0.3, 0.4) is 0 Å². The van der Waals surface area contributed by atoms with Crippen molar-refractivity contribution in [2.24, 2.45) is 0 Å². The molecule has 0 aliphatic heterocycles. The summed E-state index contributed by atoms with van der Waals surface area (Å²) >= 11 is 0. The number of nitriles is 1. The molecule has 0 saturated carbocycles. The minimum atomic E-state index is -3.73. The molecule has 0 aliphatic rings. The molecule has 1 aromatic heterocycles. The molecule has 102 valence electrons. The van der Waals surface area contributed by atoms with E-state index >= 15 is 0 Å². The fourth-order valence-corrected chi connectivity index (χ4v) is 2.05. The smallest absolute Gasteiger partial charge is 0.306 e. The van der Waals surface area contributed by atoms with Crippen molar-refractivity contribution in [3.63, 3.8) is 0 Å². The van der Waals surface area contributed by atoms with Crippen LogP contribution in [0.1, 0.15) is 5.69 Å². The van der Waals surface area contributed by atoms with Crippen molar-refractivity contribution in [2.45, 2.75) is 0 Å². The number of nitrogens with zero attached hydrogens (tertiary/aromatic N) is 2. The Balaban J connectivity index is 2.59. The van der Waals surface area contributed by atoms with Crippen molar-refractivity contribution in [1.82, 2.24) is 4.98 Å². The van der Waals surface area contributed by atoms with E-state index in [-0.39, 0.29) is 11.4 Å². The molecular formula is C13H9FN2O3S. The number of halogens is 1. The van der Waals surface area contributed by atoms with E-state index in [4.69, 9.17) is 9.44 Å². The van der Waals surface area contributed by atoms with E-state index in [1.165, 1.54) is 30.3 Å². The molecule has 2 aromatic rings. The summed E-state index contributed by atoms with van der Waals surface area (Å²) in [6, 6.07) is 8.61. The largest absolute Gasteiger partial charge is 0.380 e. The zero-order chi connectivity index (χ0) is 14.8. The molecule has 0 amide bonds. The Morgan fingerprint density at radius 3 is 2.50 bits per heavy atom. The van der Waals surface area contributed by atoms with E-state index in [1.807, 2.05) is 6.07 Å². The zero-order valence-electron chi connectivity index (χ0n) is 10.4. The second-order valence-electron chi connectivity index (χ2n) is 3.97.